The lowest BCUT2D eigenvalue weighted by Gasteiger charge is -2.07. The van der Waals surface area contributed by atoms with Crippen LogP contribution in [0.15, 0.2) is 16.4 Å². The molecule has 0 radical (unpaired) electrons. The highest BCUT2D eigenvalue weighted by Gasteiger charge is 2.23. The number of aliphatic imine (C=N–C) groups is 1. The van der Waals surface area contributed by atoms with E-state index in [4.69, 9.17) is 5.11 Å². The molecule has 0 bridgehead atoms. The lowest BCUT2D eigenvalue weighted by atomic mass is 10.2. The molecule has 4 heteroatoms. The maximum atomic E-state index is 12.6. The molecule has 1 heterocycles. The van der Waals surface area contributed by atoms with E-state index < -0.39 is 11.9 Å². The average molecular weight is 208 g/mol. The van der Waals surface area contributed by atoms with Crippen molar-refractivity contribution in [3.8, 4) is 0 Å². The van der Waals surface area contributed by atoms with Crippen LogP contribution >= 0.6 is 15.9 Å². The Morgan fingerprint density at radius 1 is 1.90 bits per heavy atom. The molecule has 1 rings (SSSR count). The minimum absolute atomic E-state index is 0.306. The Kier molecular flexibility index (Phi) is 2.21. The van der Waals surface area contributed by atoms with Gasteiger partial charge >= 0.3 is 0 Å². The van der Waals surface area contributed by atoms with Crippen molar-refractivity contribution >= 4 is 22.1 Å². The summed E-state index contributed by atoms with van der Waals surface area (Å²) < 4.78 is 12.6. The lowest BCUT2D eigenvalue weighted by Crippen LogP contribution is -2.11. The minimum atomic E-state index is -0.771. The number of hydrogen-bond acceptors (Lipinski definition) is 2. The molecule has 0 aliphatic carbocycles. The maximum Gasteiger partial charge on any atom is 0.145 e. The zero-order chi connectivity index (χ0) is 7.72. The normalized spacial score (nSPS) is 27.8. The molecule has 0 aromatic heterocycles. The summed E-state index contributed by atoms with van der Waals surface area (Å²) in [7, 11) is 0. The van der Waals surface area contributed by atoms with Crippen molar-refractivity contribution in [1.82, 2.24) is 0 Å². The Bertz CT molecular complexity index is 200. The van der Waals surface area contributed by atoms with Crippen LogP contribution in [-0.2, 0) is 0 Å². The van der Waals surface area contributed by atoms with Gasteiger partial charge < -0.3 is 5.11 Å². The van der Waals surface area contributed by atoms with Crippen LogP contribution in [0, 0.1) is 0 Å². The Balaban J connectivity index is 2.85. The highest BCUT2D eigenvalue weighted by atomic mass is 79.9. The molecule has 1 aliphatic rings. The first kappa shape index (κ1) is 7.88. The maximum absolute atomic E-state index is 12.6. The van der Waals surface area contributed by atoms with E-state index in [1.807, 2.05) is 0 Å². The van der Waals surface area contributed by atoms with Gasteiger partial charge in [-0.05, 0) is 6.92 Å². The second-order valence-corrected chi connectivity index (χ2v) is 2.96. The van der Waals surface area contributed by atoms with E-state index >= 15 is 0 Å². The van der Waals surface area contributed by atoms with Crippen molar-refractivity contribution in [3.63, 3.8) is 0 Å². The number of hydrogen-bond donors (Lipinski definition) is 1. The number of allylic oxidation sites excluding steroid dienone is 1. The van der Waals surface area contributed by atoms with E-state index in [1.54, 1.807) is 0 Å². The Morgan fingerprint density at radius 2 is 2.50 bits per heavy atom. The molecule has 0 saturated heterocycles. The zero-order valence-electron chi connectivity index (χ0n) is 5.38. The van der Waals surface area contributed by atoms with Crippen LogP contribution < -0.4 is 0 Å². The number of aliphatic hydroxyl groups excluding tert-OH is 1. The highest BCUT2D eigenvalue weighted by Crippen LogP contribution is 2.25. The fourth-order valence-corrected chi connectivity index (χ4v) is 1.52. The number of halogens is 2. The molecule has 0 saturated carbocycles. The van der Waals surface area contributed by atoms with E-state index in [2.05, 4.69) is 20.9 Å². The van der Waals surface area contributed by atoms with Gasteiger partial charge in [0, 0.05) is 5.57 Å². The van der Waals surface area contributed by atoms with Crippen molar-refractivity contribution in [2.75, 3.05) is 0 Å². The van der Waals surface area contributed by atoms with Gasteiger partial charge in [-0.1, -0.05) is 15.9 Å². The fourth-order valence-electron chi connectivity index (χ4n) is 0.798. The molecule has 0 spiro atoms. The molecule has 1 aliphatic heterocycles. The average Bonchev–Trinajstić information content (AvgIpc) is 2.11. The van der Waals surface area contributed by atoms with Gasteiger partial charge in [-0.2, -0.15) is 0 Å². The molecule has 0 fully saturated rings. The molecule has 2 atom stereocenters. The molecule has 2 unspecified atom stereocenters. The Hall–Kier alpha value is -0.220. The lowest BCUT2D eigenvalue weighted by molar-refractivity contribution is 0.226. The van der Waals surface area contributed by atoms with Crippen molar-refractivity contribution in [1.29, 1.82) is 0 Å². The fraction of sp³-hybridized carbons (Fsp3) is 0.500. The van der Waals surface area contributed by atoms with E-state index in [0.29, 0.717) is 5.57 Å². The standard InChI is InChI=1S/C6H7BrFNO/c1-3(10)5-4(8)2-9-6(5)7/h2-3,6,10H,1H3. The first-order valence-electron chi connectivity index (χ1n) is 2.88. The van der Waals surface area contributed by atoms with Crippen molar-refractivity contribution < 1.29 is 9.50 Å². The summed E-state index contributed by atoms with van der Waals surface area (Å²) in [4.78, 5) is 3.32. The second kappa shape index (κ2) is 2.80. The number of rotatable bonds is 1. The van der Waals surface area contributed by atoms with Gasteiger partial charge in [0.15, 0.2) is 0 Å². The van der Waals surface area contributed by atoms with Crippen LogP contribution in [0.3, 0.4) is 0 Å². The van der Waals surface area contributed by atoms with Crippen LogP contribution in [0.5, 0.6) is 0 Å². The van der Waals surface area contributed by atoms with E-state index in [0.717, 1.165) is 6.21 Å². The third-order valence-electron chi connectivity index (χ3n) is 1.30. The summed E-state index contributed by atoms with van der Waals surface area (Å²) in [5.74, 6) is -0.433. The SMILES string of the molecule is CC(O)C1=C(F)C=NC1Br. The summed E-state index contributed by atoms with van der Waals surface area (Å²) >= 11 is 3.09. The number of alkyl halides is 1. The van der Waals surface area contributed by atoms with Crippen LogP contribution in [0.4, 0.5) is 4.39 Å². The van der Waals surface area contributed by atoms with Gasteiger partial charge in [-0.25, -0.2) is 4.39 Å². The zero-order valence-corrected chi connectivity index (χ0v) is 6.97. The van der Waals surface area contributed by atoms with E-state index in [-0.39, 0.29) is 4.95 Å². The summed E-state index contributed by atoms with van der Waals surface area (Å²) in [6, 6.07) is 0. The van der Waals surface area contributed by atoms with E-state index in [9.17, 15) is 4.39 Å². The molecule has 1 N–H and O–H groups in total. The van der Waals surface area contributed by atoms with Crippen molar-refractivity contribution in [3.05, 3.63) is 11.4 Å². The Morgan fingerprint density at radius 3 is 2.70 bits per heavy atom. The summed E-state index contributed by atoms with van der Waals surface area (Å²) in [5, 5.41) is 8.99. The number of nitrogens with zero attached hydrogens (tertiary/aromatic N) is 1. The monoisotopic (exact) mass is 207 g/mol. The highest BCUT2D eigenvalue weighted by molar-refractivity contribution is 9.09. The summed E-state index contributed by atoms with van der Waals surface area (Å²) in [5.41, 5.74) is 0.306. The van der Waals surface area contributed by atoms with Gasteiger partial charge in [0.25, 0.3) is 0 Å². The van der Waals surface area contributed by atoms with E-state index in [1.165, 1.54) is 6.92 Å². The summed E-state index contributed by atoms with van der Waals surface area (Å²) in [6.45, 7) is 1.51. The van der Waals surface area contributed by atoms with Crippen molar-refractivity contribution in [2.45, 2.75) is 18.0 Å². The first-order chi connectivity index (χ1) is 4.63. The van der Waals surface area contributed by atoms with Crippen molar-refractivity contribution in [2.24, 2.45) is 4.99 Å². The molecule has 2 nitrogen and oxygen atoms in total. The van der Waals surface area contributed by atoms with Gasteiger partial charge in [0.2, 0.25) is 0 Å². The summed E-state index contributed by atoms with van der Waals surface area (Å²) in [6.07, 6.45) is 0.341. The largest absolute Gasteiger partial charge is 0.389 e. The molecular weight excluding hydrogens is 201 g/mol. The van der Waals surface area contributed by atoms with Crippen LogP contribution in [0.2, 0.25) is 0 Å². The predicted octanol–water partition coefficient (Wildman–Crippen LogP) is 1.40. The smallest absolute Gasteiger partial charge is 0.145 e. The quantitative estimate of drug-likeness (QED) is 0.512. The first-order valence-corrected chi connectivity index (χ1v) is 3.79. The predicted molar refractivity (Wildman–Crippen MR) is 41.0 cm³/mol. The Labute approximate surface area is 66.6 Å². The topological polar surface area (TPSA) is 32.6 Å². The molecule has 0 aromatic carbocycles. The van der Waals surface area contributed by atoms with Crippen LogP contribution in [-0.4, -0.2) is 22.4 Å². The number of aliphatic hydroxyl groups is 1. The minimum Gasteiger partial charge on any atom is -0.389 e. The van der Waals surface area contributed by atoms with Gasteiger partial charge in [-0.3, -0.25) is 4.99 Å². The third kappa shape index (κ3) is 1.27. The molecule has 56 valence electrons. The molecule has 0 aromatic rings. The molecule has 10 heavy (non-hydrogen) atoms. The third-order valence-corrected chi connectivity index (χ3v) is 2.03. The van der Waals surface area contributed by atoms with Crippen LogP contribution in [0.1, 0.15) is 6.92 Å². The molecular formula is C6H7BrFNO. The molecule has 0 amide bonds. The van der Waals surface area contributed by atoms with Gasteiger partial charge in [-0.15, -0.1) is 0 Å². The van der Waals surface area contributed by atoms with Gasteiger partial charge in [0.05, 0.1) is 12.3 Å². The van der Waals surface area contributed by atoms with Crippen LogP contribution in [0.25, 0.3) is 0 Å². The second-order valence-electron chi connectivity index (χ2n) is 2.09. The van der Waals surface area contributed by atoms with Gasteiger partial charge in [0.1, 0.15) is 10.8 Å².